The van der Waals surface area contributed by atoms with Gasteiger partial charge in [-0.3, -0.25) is 43.2 Å². The summed E-state index contributed by atoms with van der Waals surface area (Å²) in [5.74, 6) is -6.19. The van der Waals surface area contributed by atoms with Crippen molar-refractivity contribution in [2.75, 3.05) is 70.1 Å². The van der Waals surface area contributed by atoms with Gasteiger partial charge in [-0.1, -0.05) is 62.3 Å². The van der Waals surface area contributed by atoms with Crippen molar-refractivity contribution in [2.45, 2.75) is 155 Å². The van der Waals surface area contributed by atoms with E-state index in [-0.39, 0.29) is 54.7 Å². The number of aliphatic hydroxyl groups is 1. The molecule has 73 heavy (non-hydrogen) atoms. The summed E-state index contributed by atoms with van der Waals surface area (Å²) in [6.45, 7) is 25.6. The lowest BCUT2D eigenvalue weighted by Crippen LogP contribution is -2.42. The quantitative estimate of drug-likeness (QED) is 0.0763. The summed E-state index contributed by atoms with van der Waals surface area (Å²) in [5.41, 5.74) is -4.77. The number of methoxy groups -OCH3 is 8. The average molecular weight is 1070 g/mol. The van der Waals surface area contributed by atoms with Crippen molar-refractivity contribution < 1.29 is 110 Å². The number of hydrogen-bond acceptors (Lipinski definition) is 18. The van der Waals surface area contributed by atoms with Crippen molar-refractivity contribution in [3.05, 3.63) is 0 Å². The summed E-state index contributed by atoms with van der Waals surface area (Å²) in [7, 11) is 10.6. The van der Waals surface area contributed by atoms with E-state index < -0.39 is 69.5 Å². The van der Waals surface area contributed by atoms with Gasteiger partial charge in [0.1, 0.15) is 0 Å². The lowest BCUT2D eigenvalue weighted by Gasteiger charge is -2.27. The molecule has 0 amide bonds. The summed E-state index contributed by atoms with van der Waals surface area (Å²) in [6, 6.07) is 0. The fourth-order valence-corrected chi connectivity index (χ4v) is 4.44. The first-order valence-electron chi connectivity index (χ1n) is 23.4. The number of carbonyl (C=O) groups is 9. The van der Waals surface area contributed by atoms with Gasteiger partial charge in [-0.15, -0.1) is 0 Å². The number of carboxylic acids is 2. The first kappa shape index (κ1) is 82.0. The van der Waals surface area contributed by atoms with E-state index in [0.29, 0.717) is 19.4 Å². The van der Waals surface area contributed by atoms with Crippen LogP contribution in [0.25, 0.3) is 0 Å². The van der Waals surface area contributed by atoms with Crippen LogP contribution in [0, 0.1) is 44.8 Å². The van der Waals surface area contributed by atoms with E-state index in [0.717, 1.165) is 33.3 Å². The Morgan fingerprint density at radius 3 is 1.00 bits per heavy atom. The maximum Gasteiger partial charge on any atom is 0.404 e. The number of halogens is 3. The van der Waals surface area contributed by atoms with E-state index in [4.69, 9.17) is 20.1 Å². The van der Waals surface area contributed by atoms with Gasteiger partial charge in [0.05, 0.1) is 109 Å². The van der Waals surface area contributed by atoms with Gasteiger partial charge in [-0.05, 0) is 80.1 Å². The van der Waals surface area contributed by atoms with Crippen LogP contribution in [0.2, 0.25) is 0 Å². The van der Waals surface area contributed by atoms with Crippen LogP contribution in [0.5, 0.6) is 0 Å². The normalized spacial score (nSPS) is 14.8. The minimum absolute atomic E-state index is 0.0556. The van der Waals surface area contributed by atoms with Gasteiger partial charge < -0.3 is 53.2 Å². The highest BCUT2D eigenvalue weighted by Crippen LogP contribution is 2.41. The van der Waals surface area contributed by atoms with E-state index in [1.807, 2.05) is 55.4 Å². The van der Waals surface area contributed by atoms with E-state index in [1.54, 1.807) is 27.9 Å². The molecule has 7 unspecified atom stereocenters. The summed E-state index contributed by atoms with van der Waals surface area (Å²) in [5, 5.41) is 25.8. The highest BCUT2D eigenvalue weighted by molar-refractivity contribution is 5.82. The summed E-state index contributed by atoms with van der Waals surface area (Å²) >= 11 is 0. The Kier molecular flexibility index (Phi) is 46.4. The molecule has 0 heterocycles. The van der Waals surface area contributed by atoms with E-state index in [2.05, 4.69) is 33.2 Å². The monoisotopic (exact) mass is 1070 g/mol. The molecule has 0 bridgehead atoms. The highest BCUT2D eigenvalue weighted by atomic mass is 19.4. The Hall–Kier alpha value is -5.06. The van der Waals surface area contributed by atoms with Crippen LogP contribution in [-0.2, 0) is 81.0 Å². The zero-order chi connectivity index (χ0) is 59.9. The van der Waals surface area contributed by atoms with Crippen LogP contribution in [0.15, 0.2) is 0 Å². The smallest absolute Gasteiger partial charge is 0.404 e. The van der Waals surface area contributed by atoms with Gasteiger partial charge in [-0.25, -0.2) is 0 Å². The van der Waals surface area contributed by atoms with Crippen molar-refractivity contribution in [3.8, 4) is 0 Å². The number of carbonyl (C=O) groups excluding carboxylic acids is 7. The second-order valence-corrected chi connectivity index (χ2v) is 18.1. The van der Waals surface area contributed by atoms with E-state index in [1.165, 1.54) is 63.4 Å². The molecule has 3 N–H and O–H groups in total. The Labute approximate surface area is 432 Å². The molecule has 0 aromatic carbocycles. The highest BCUT2D eigenvalue weighted by Gasteiger charge is 2.56. The largest absolute Gasteiger partial charge is 0.481 e. The molecule has 0 aliphatic heterocycles. The van der Waals surface area contributed by atoms with Crippen molar-refractivity contribution in [1.29, 1.82) is 0 Å². The molecule has 0 aromatic heterocycles. The van der Waals surface area contributed by atoms with Crippen molar-refractivity contribution >= 4 is 53.7 Å². The molecule has 7 atom stereocenters. The molecule has 434 valence electrons. The van der Waals surface area contributed by atoms with Crippen LogP contribution in [0.4, 0.5) is 13.2 Å². The molecule has 0 fully saturated rings. The molecule has 0 radical (unpaired) electrons. The molecule has 0 aliphatic rings. The summed E-state index contributed by atoms with van der Waals surface area (Å²) in [4.78, 5) is 96.8. The Morgan fingerprint density at radius 1 is 0.466 bits per heavy atom. The number of carboxylic acid groups (broad SMARTS) is 2. The zero-order valence-electron chi connectivity index (χ0n) is 48.0. The molecule has 20 nitrogen and oxygen atoms in total. The molecule has 0 aliphatic carbocycles. The number of hydrogen-bond donors (Lipinski definition) is 3. The van der Waals surface area contributed by atoms with Gasteiger partial charge in [0.25, 0.3) is 0 Å². The second-order valence-electron chi connectivity index (χ2n) is 18.1. The Morgan fingerprint density at radius 2 is 0.822 bits per heavy atom. The van der Waals surface area contributed by atoms with Crippen LogP contribution in [0.3, 0.4) is 0 Å². The summed E-state index contributed by atoms with van der Waals surface area (Å²) in [6.07, 6.45) is -1.59. The topological polar surface area (TPSA) is 288 Å². The van der Waals surface area contributed by atoms with Crippen LogP contribution in [0.1, 0.15) is 149 Å². The third-order valence-electron chi connectivity index (χ3n) is 12.2. The minimum atomic E-state index is -4.55. The third-order valence-corrected chi connectivity index (χ3v) is 12.2. The van der Waals surface area contributed by atoms with Gasteiger partial charge in [-0.2, -0.15) is 13.2 Å². The van der Waals surface area contributed by atoms with Gasteiger partial charge >= 0.3 is 59.9 Å². The molecule has 0 aromatic rings. The fourth-order valence-electron chi connectivity index (χ4n) is 4.44. The predicted molar refractivity (Wildman–Crippen MR) is 264 cm³/mol. The summed E-state index contributed by atoms with van der Waals surface area (Å²) < 4.78 is 72.8. The van der Waals surface area contributed by atoms with Crippen molar-refractivity contribution in [2.24, 2.45) is 44.8 Å². The molecule has 0 rings (SSSR count). The van der Waals surface area contributed by atoms with Crippen LogP contribution in [-0.4, -0.2) is 145 Å². The predicted octanol–water partition coefficient (Wildman–Crippen LogP) is 8.30. The zero-order valence-corrected chi connectivity index (χ0v) is 48.0. The maximum atomic E-state index is 12.2. The van der Waals surface area contributed by atoms with Gasteiger partial charge in [0.2, 0.25) is 0 Å². The van der Waals surface area contributed by atoms with Gasteiger partial charge in [0, 0.05) is 7.11 Å². The van der Waals surface area contributed by atoms with Crippen LogP contribution < -0.4 is 0 Å². The lowest BCUT2D eigenvalue weighted by atomic mass is 9.84. The fraction of sp³-hybridized carbons (Fsp3) is 0.820. The lowest BCUT2D eigenvalue weighted by molar-refractivity contribution is -0.229. The molecule has 0 saturated heterocycles. The van der Waals surface area contributed by atoms with E-state index in [9.17, 15) is 56.3 Å². The average Bonchev–Trinajstić information content (AvgIpc) is 3.37. The Bertz CT molecular complexity index is 1610. The first-order valence-corrected chi connectivity index (χ1v) is 23.4. The second kappa shape index (κ2) is 41.3. The molecular formula is C50H93F3O20. The maximum absolute atomic E-state index is 12.2. The number of rotatable bonds is 20. The van der Waals surface area contributed by atoms with Crippen molar-refractivity contribution in [3.63, 3.8) is 0 Å². The molecule has 23 heteroatoms. The first-order chi connectivity index (χ1) is 33.2. The third kappa shape index (κ3) is 32.7. The van der Waals surface area contributed by atoms with Crippen molar-refractivity contribution in [1.82, 2.24) is 0 Å². The Balaban J connectivity index is -0.000000140. The number of aliphatic carboxylic acids is 2. The number of alkyl halides is 3. The number of aliphatic hydroxyl groups excluding tert-OH is 1. The standard InChI is InChI=1S/C8H14O4.C8H16O3.C7H11F3O2.C7H12O4.C7H14O3.C7H14O2.C6H12O2/c1-4-8(2,5-6(9)10)7(11)12-3;1-5-8(2,6-10-3)7(9)11-4;1-4-6(2,5(11)12-3)7(8,9)10;1-4(6(8)9)5(2)7(10)11-3;1-4-7(2,5-8)6(9)10-3;1-5-7(2,3)6(8)9-4;1-4-5(2)6(7)8-3/h4-5H2,1-3H3,(H,9,10);5-6H2,1-4H3;4H2,1-3H3;4-5H,1-3H3,(H,8,9);8H,4-5H2,1-3H3;5H2,1-4H3;5H,4H2,1-3H3. The molecule has 0 spiro atoms. The van der Waals surface area contributed by atoms with Crippen LogP contribution >= 0.6 is 0 Å². The number of esters is 7. The van der Waals surface area contributed by atoms with Gasteiger partial charge in [0.15, 0.2) is 5.41 Å². The SMILES string of the molecule is CCC(C)(C(=O)OC)C(F)(F)F.CCC(C)(C)C(=O)OC.CCC(C)(CC(=O)O)C(=O)OC.CCC(C)(CO)C(=O)OC.CCC(C)(COC)C(=O)OC.CCC(C)C(=O)OC.COC(=O)C(C)C(C)C(=O)O. The molecular weight excluding hydrogens is 978 g/mol. The van der Waals surface area contributed by atoms with E-state index >= 15 is 0 Å². The molecule has 0 saturated carbocycles. The number of ether oxygens (including phenoxy) is 8. The minimum Gasteiger partial charge on any atom is -0.481 e.